The summed E-state index contributed by atoms with van der Waals surface area (Å²) in [7, 11) is 0. The summed E-state index contributed by atoms with van der Waals surface area (Å²) in [6.45, 7) is 2.57. The number of carbonyl (C=O) groups is 1. The Bertz CT molecular complexity index is 313. The molecule has 0 spiro atoms. The summed E-state index contributed by atoms with van der Waals surface area (Å²) < 4.78 is 0. The summed E-state index contributed by atoms with van der Waals surface area (Å²) in [5.41, 5.74) is 9.06. The third kappa shape index (κ3) is 2.83. The lowest BCUT2D eigenvalue weighted by molar-refractivity contribution is 0.0343. The van der Waals surface area contributed by atoms with E-state index < -0.39 is 0 Å². The Morgan fingerprint density at radius 2 is 2.21 bits per heavy atom. The molecule has 0 aliphatic rings. The van der Waals surface area contributed by atoms with E-state index in [1.165, 1.54) is 0 Å². The quantitative estimate of drug-likeness (QED) is 0.545. The van der Waals surface area contributed by atoms with Crippen molar-refractivity contribution in [2.24, 2.45) is 5.73 Å². The van der Waals surface area contributed by atoms with Crippen molar-refractivity contribution in [1.82, 2.24) is 5.48 Å². The van der Waals surface area contributed by atoms with Gasteiger partial charge in [0.15, 0.2) is 0 Å². The maximum absolute atomic E-state index is 11.5. The van der Waals surface area contributed by atoms with Crippen LogP contribution in [0.2, 0.25) is 0 Å². The second-order valence-electron chi connectivity index (χ2n) is 2.88. The van der Waals surface area contributed by atoms with Gasteiger partial charge in [0, 0.05) is 12.1 Å². The first-order chi connectivity index (χ1) is 6.75. The van der Waals surface area contributed by atoms with Gasteiger partial charge in [0.2, 0.25) is 0 Å². The number of rotatable bonds is 4. The summed E-state index contributed by atoms with van der Waals surface area (Å²) in [5.74, 6) is -0.239. The van der Waals surface area contributed by atoms with E-state index in [1.54, 1.807) is 6.07 Å². The van der Waals surface area contributed by atoms with Crippen LogP contribution in [0, 0.1) is 6.92 Å². The van der Waals surface area contributed by atoms with Gasteiger partial charge in [0.25, 0.3) is 5.91 Å². The number of nitrogens with two attached hydrogens (primary N) is 1. The zero-order chi connectivity index (χ0) is 10.4. The summed E-state index contributed by atoms with van der Waals surface area (Å²) in [4.78, 5) is 16.3. The summed E-state index contributed by atoms with van der Waals surface area (Å²) >= 11 is 0. The third-order valence-electron chi connectivity index (χ3n) is 1.77. The van der Waals surface area contributed by atoms with Crippen LogP contribution >= 0.6 is 0 Å². The first-order valence-electron chi connectivity index (χ1n) is 4.43. The van der Waals surface area contributed by atoms with Crippen molar-refractivity contribution in [3.05, 3.63) is 35.4 Å². The predicted octanol–water partition coefficient (Wildman–Crippen LogP) is 0.615. The van der Waals surface area contributed by atoms with E-state index in [1.807, 2.05) is 25.1 Å². The fourth-order valence-electron chi connectivity index (χ4n) is 1.06. The maximum Gasteiger partial charge on any atom is 0.275 e. The fourth-order valence-corrected chi connectivity index (χ4v) is 1.06. The molecule has 0 saturated heterocycles. The maximum atomic E-state index is 11.5. The molecule has 0 bridgehead atoms. The Hall–Kier alpha value is -1.39. The van der Waals surface area contributed by atoms with Crippen LogP contribution in [0.5, 0.6) is 0 Å². The highest BCUT2D eigenvalue weighted by Gasteiger charge is 2.06. The number of hydrogen-bond donors (Lipinski definition) is 2. The van der Waals surface area contributed by atoms with E-state index in [9.17, 15) is 4.79 Å². The number of amides is 1. The standard InChI is InChI=1S/C10H14N2O2/c1-8-4-2-3-5-9(8)10(13)12-14-7-6-11/h2-5H,6-7,11H2,1H3,(H,12,13). The van der Waals surface area contributed by atoms with Crippen molar-refractivity contribution in [2.75, 3.05) is 13.2 Å². The molecular formula is C10H14N2O2. The molecule has 0 fully saturated rings. The lowest BCUT2D eigenvalue weighted by atomic mass is 10.1. The van der Waals surface area contributed by atoms with Crippen molar-refractivity contribution < 1.29 is 9.63 Å². The van der Waals surface area contributed by atoms with Crippen molar-refractivity contribution in [3.8, 4) is 0 Å². The molecule has 0 heterocycles. The number of hydrogen-bond acceptors (Lipinski definition) is 3. The molecule has 76 valence electrons. The minimum absolute atomic E-state index is 0.239. The lowest BCUT2D eigenvalue weighted by Crippen LogP contribution is -2.27. The van der Waals surface area contributed by atoms with E-state index in [4.69, 9.17) is 10.6 Å². The fraction of sp³-hybridized carbons (Fsp3) is 0.300. The molecule has 0 atom stereocenters. The Kier molecular flexibility index (Phi) is 4.10. The largest absolute Gasteiger partial charge is 0.328 e. The van der Waals surface area contributed by atoms with E-state index in [0.717, 1.165) is 5.56 Å². The monoisotopic (exact) mass is 194 g/mol. The molecule has 0 aromatic heterocycles. The highest BCUT2D eigenvalue weighted by molar-refractivity contribution is 5.94. The smallest absolute Gasteiger partial charge is 0.275 e. The molecule has 4 nitrogen and oxygen atoms in total. The normalized spacial score (nSPS) is 9.86. The van der Waals surface area contributed by atoms with E-state index in [0.29, 0.717) is 18.7 Å². The minimum Gasteiger partial charge on any atom is -0.328 e. The van der Waals surface area contributed by atoms with E-state index in [-0.39, 0.29) is 5.91 Å². The molecule has 1 aromatic carbocycles. The molecule has 0 aliphatic carbocycles. The number of hydroxylamine groups is 1. The van der Waals surface area contributed by atoms with Crippen molar-refractivity contribution in [2.45, 2.75) is 6.92 Å². The average molecular weight is 194 g/mol. The number of benzene rings is 1. The van der Waals surface area contributed by atoms with Crippen molar-refractivity contribution in [1.29, 1.82) is 0 Å². The zero-order valence-electron chi connectivity index (χ0n) is 8.12. The number of nitrogens with one attached hydrogen (secondary N) is 1. The van der Waals surface area contributed by atoms with E-state index >= 15 is 0 Å². The molecular weight excluding hydrogens is 180 g/mol. The van der Waals surface area contributed by atoms with Gasteiger partial charge < -0.3 is 5.73 Å². The van der Waals surface area contributed by atoms with Crippen molar-refractivity contribution >= 4 is 5.91 Å². The first kappa shape index (κ1) is 10.7. The zero-order valence-corrected chi connectivity index (χ0v) is 8.12. The van der Waals surface area contributed by atoms with Crippen LogP contribution in [-0.2, 0) is 4.84 Å². The Balaban J connectivity index is 2.56. The number of aryl methyl sites for hydroxylation is 1. The van der Waals surface area contributed by atoms with Gasteiger partial charge in [-0.25, -0.2) is 5.48 Å². The summed E-state index contributed by atoms with van der Waals surface area (Å²) in [5, 5.41) is 0. The second kappa shape index (κ2) is 5.36. The van der Waals surface area contributed by atoms with Crippen molar-refractivity contribution in [3.63, 3.8) is 0 Å². The van der Waals surface area contributed by atoms with Gasteiger partial charge in [-0.05, 0) is 18.6 Å². The molecule has 14 heavy (non-hydrogen) atoms. The van der Waals surface area contributed by atoms with E-state index in [2.05, 4.69) is 5.48 Å². The third-order valence-corrected chi connectivity index (χ3v) is 1.77. The van der Waals surface area contributed by atoms with Gasteiger partial charge in [-0.2, -0.15) is 0 Å². The summed E-state index contributed by atoms with van der Waals surface area (Å²) in [6, 6.07) is 7.31. The highest BCUT2D eigenvalue weighted by Crippen LogP contribution is 2.05. The Labute approximate surface area is 83.0 Å². The number of carbonyl (C=O) groups excluding carboxylic acids is 1. The van der Waals surface area contributed by atoms with Gasteiger partial charge in [0.1, 0.15) is 0 Å². The molecule has 1 amide bonds. The average Bonchev–Trinajstić information content (AvgIpc) is 2.18. The van der Waals surface area contributed by atoms with Gasteiger partial charge in [-0.3, -0.25) is 9.63 Å². The highest BCUT2D eigenvalue weighted by atomic mass is 16.6. The molecule has 1 aromatic rings. The molecule has 0 saturated carbocycles. The molecule has 0 radical (unpaired) electrons. The molecule has 0 unspecified atom stereocenters. The summed E-state index contributed by atoms with van der Waals surface area (Å²) in [6.07, 6.45) is 0. The van der Waals surface area contributed by atoms with Crippen LogP contribution in [0.25, 0.3) is 0 Å². The lowest BCUT2D eigenvalue weighted by Gasteiger charge is -2.06. The first-order valence-corrected chi connectivity index (χ1v) is 4.43. The van der Waals surface area contributed by atoms with Crippen LogP contribution in [0.4, 0.5) is 0 Å². The Morgan fingerprint density at radius 3 is 2.86 bits per heavy atom. The minimum atomic E-state index is -0.239. The van der Waals surface area contributed by atoms with Gasteiger partial charge >= 0.3 is 0 Å². The molecule has 4 heteroatoms. The second-order valence-corrected chi connectivity index (χ2v) is 2.88. The predicted molar refractivity (Wildman–Crippen MR) is 53.7 cm³/mol. The van der Waals surface area contributed by atoms with Crippen LogP contribution in [0.1, 0.15) is 15.9 Å². The van der Waals surface area contributed by atoms with Gasteiger partial charge in [-0.1, -0.05) is 18.2 Å². The van der Waals surface area contributed by atoms with Gasteiger partial charge in [-0.15, -0.1) is 0 Å². The molecule has 0 aliphatic heterocycles. The van der Waals surface area contributed by atoms with Crippen LogP contribution in [0.3, 0.4) is 0 Å². The van der Waals surface area contributed by atoms with Crippen LogP contribution in [0.15, 0.2) is 24.3 Å². The Morgan fingerprint density at radius 1 is 1.50 bits per heavy atom. The SMILES string of the molecule is Cc1ccccc1C(=O)NOCCN. The van der Waals surface area contributed by atoms with Gasteiger partial charge in [0.05, 0.1) is 6.61 Å². The van der Waals surface area contributed by atoms with Crippen LogP contribution in [-0.4, -0.2) is 19.1 Å². The topological polar surface area (TPSA) is 64.3 Å². The molecule has 1 rings (SSSR count). The molecule has 3 N–H and O–H groups in total. The van der Waals surface area contributed by atoms with Crippen LogP contribution < -0.4 is 11.2 Å².